The average molecular weight is 381 g/mol. The molecule has 0 saturated carbocycles. The quantitative estimate of drug-likeness (QED) is 0.252. The zero-order valence-electron chi connectivity index (χ0n) is 14.4. The minimum atomic E-state index is -1.54. The van der Waals surface area contributed by atoms with Crippen LogP contribution >= 0.6 is 0 Å². The maximum Gasteiger partial charge on any atom is 1.00 e. The van der Waals surface area contributed by atoms with Gasteiger partial charge in [0.25, 0.3) is 0 Å². The molecule has 4 rings (SSSR count). The first-order valence-electron chi connectivity index (χ1n) is 7.47. The molecular formula is C17H12NNaO8. The summed E-state index contributed by atoms with van der Waals surface area (Å²) < 4.78 is 15.9. The number of aromatic hydroxyl groups is 1. The number of carbonyl (C=O) groups excluding carboxylic acids is 1. The van der Waals surface area contributed by atoms with Gasteiger partial charge in [0.1, 0.15) is 0 Å². The Morgan fingerprint density at radius 3 is 2.59 bits per heavy atom. The minimum absolute atomic E-state index is 0. The van der Waals surface area contributed by atoms with Crippen molar-refractivity contribution in [3.8, 4) is 23.0 Å². The fourth-order valence-electron chi connectivity index (χ4n) is 3.29. The third-order valence-corrected chi connectivity index (χ3v) is 4.32. The van der Waals surface area contributed by atoms with E-state index in [0.29, 0.717) is 10.8 Å². The van der Waals surface area contributed by atoms with Gasteiger partial charge in [0.2, 0.25) is 6.79 Å². The molecule has 3 aromatic rings. The molecule has 1 atom stereocenters. The Morgan fingerprint density at radius 2 is 1.96 bits per heavy atom. The zero-order valence-corrected chi connectivity index (χ0v) is 16.4. The maximum absolute atomic E-state index is 11.8. The number of methoxy groups -OCH3 is 1. The van der Waals surface area contributed by atoms with E-state index in [1.807, 2.05) is 0 Å². The minimum Gasteiger partial charge on any atom is -0.595 e. The standard InChI is InChI=1S/C17H13NO8.Na/c1-24-15-8-4-10(18(22)23)13-9(17(20)21)5-12-16(26-6-25-12)14(13)7(8)2-3-11(15)19;/h2-5,18-19,22H,6H2,1H3,(H,20,21);/q;+1/p-1. The number of phenolic OH excluding ortho intramolecular Hbond substituents is 1. The topological polar surface area (TPSA) is 136 Å². The molecule has 0 spiro atoms. The van der Waals surface area contributed by atoms with Crippen LogP contribution in [0.1, 0.15) is 10.4 Å². The van der Waals surface area contributed by atoms with Crippen molar-refractivity contribution in [2.75, 3.05) is 13.9 Å². The number of quaternary nitrogens is 1. The Hall–Kier alpha value is -2.27. The number of nitrogens with one attached hydrogen (secondary N) is 1. The van der Waals surface area contributed by atoms with Crippen LogP contribution in [0, 0.1) is 5.21 Å². The van der Waals surface area contributed by atoms with E-state index in [0.717, 1.165) is 0 Å². The summed E-state index contributed by atoms with van der Waals surface area (Å²) in [6.07, 6.45) is 0. The normalized spacial score (nSPS) is 13.4. The second kappa shape index (κ2) is 7.04. The van der Waals surface area contributed by atoms with E-state index in [1.165, 1.54) is 31.4 Å². The summed E-state index contributed by atoms with van der Waals surface area (Å²) >= 11 is 0. The van der Waals surface area contributed by atoms with Crippen molar-refractivity contribution in [3.63, 3.8) is 0 Å². The third kappa shape index (κ3) is 2.85. The molecule has 1 heterocycles. The van der Waals surface area contributed by atoms with Crippen molar-refractivity contribution in [2.45, 2.75) is 0 Å². The first-order valence-corrected chi connectivity index (χ1v) is 7.47. The van der Waals surface area contributed by atoms with E-state index in [1.54, 1.807) is 0 Å². The number of fused-ring (bicyclic) bond motifs is 5. The number of hydrogen-bond donors (Lipinski definition) is 3. The molecular weight excluding hydrogens is 369 g/mol. The average Bonchev–Trinajstić information content (AvgIpc) is 3.07. The maximum atomic E-state index is 11.8. The summed E-state index contributed by atoms with van der Waals surface area (Å²) in [5.74, 6) is -1.25. The number of benzene rings is 3. The van der Waals surface area contributed by atoms with Crippen LogP contribution in [-0.2, 0) is 0 Å². The van der Waals surface area contributed by atoms with E-state index < -0.39 is 11.2 Å². The predicted octanol–water partition coefficient (Wildman–Crippen LogP) is -2.79. The van der Waals surface area contributed by atoms with Gasteiger partial charge in [-0.15, -0.1) is 0 Å². The molecule has 10 heteroatoms. The van der Waals surface area contributed by atoms with Crippen molar-refractivity contribution in [3.05, 3.63) is 35.0 Å². The molecule has 3 aromatic carbocycles. The van der Waals surface area contributed by atoms with Crippen molar-refractivity contribution >= 4 is 33.2 Å². The summed E-state index contributed by atoms with van der Waals surface area (Å²) in [6, 6.07) is 5.35. The predicted molar refractivity (Wildman–Crippen MR) is 85.9 cm³/mol. The van der Waals surface area contributed by atoms with Gasteiger partial charge >= 0.3 is 29.6 Å². The fraction of sp³-hybridized carbons (Fsp3) is 0.118. The molecule has 0 aliphatic carbocycles. The first kappa shape index (κ1) is 19.5. The summed E-state index contributed by atoms with van der Waals surface area (Å²) in [4.78, 5) is 11.6. The molecule has 134 valence electrons. The van der Waals surface area contributed by atoms with E-state index in [4.69, 9.17) is 14.2 Å². The van der Waals surface area contributed by atoms with Crippen LogP contribution in [0.4, 0.5) is 5.69 Å². The number of ether oxygens (including phenoxy) is 3. The molecule has 0 aromatic heterocycles. The number of aromatic carboxylic acids is 1. The number of rotatable bonds is 3. The van der Waals surface area contributed by atoms with Crippen LogP contribution in [0.25, 0.3) is 21.5 Å². The molecule has 27 heavy (non-hydrogen) atoms. The summed E-state index contributed by atoms with van der Waals surface area (Å²) in [5.41, 5.74) is -0.607. The largest absolute Gasteiger partial charge is 1.00 e. The van der Waals surface area contributed by atoms with Crippen molar-refractivity contribution in [1.82, 2.24) is 0 Å². The number of carbonyl (C=O) groups is 1. The number of carboxylic acids is 1. The second-order valence-electron chi connectivity index (χ2n) is 5.64. The van der Waals surface area contributed by atoms with E-state index in [9.17, 15) is 25.4 Å². The number of carboxylic acid groups (broad SMARTS) is 1. The van der Waals surface area contributed by atoms with Crippen molar-refractivity contribution < 1.29 is 69.2 Å². The molecule has 0 saturated heterocycles. The van der Waals surface area contributed by atoms with Gasteiger partial charge in [-0.3, -0.25) is 0 Å². The van der Waals surface area contributed by atoms with Gasteiger partial charge in [-0.25, -0.2) is 5.21 Å². The Morgan fingerprint density at radius 1 is 1.22 bits per heavy atom. The van der Waals surface area contributed by atoms with Crippen LogP contribution < -0.4 is 54.1 Å². The van der Waals surface area contributed by atoms with Gasteiger partial charge in [0, 0.05) is 22.4 Å². The molecule has 9 nitrogen and oxygen atoms in total. The van der Waals surface area contributed by atoms with Gasteiger partial charge in [0.05, 0.1) is 18.5 Å². The Kier molecular flexibility index (Phi) is 5.08. The smallest absolute Gasteiger partial charge is 0.595 e. The zero-order chi connectivity index (χ0) is 18.6. The van der Waals surface area contributed by atoms with E-state index >= 15 is 0 Å². The summed E-state index contributed by atoms with van der Waals surface area (Å²) in [7, 11) is 1.33. The van der Waals surface area contributed by atoms with Gasteiger partial charge in [-0.2, -0.15) is 5.23 Å². The molecule has 1 aliphatic rings. The van der Waals surface area contributed by atoms with Crippen molar-refractivity contribution in [1.29, 1.82) is 0 Å². The number of hydrogen-bond acceptors (Lipinski definition) is 8. The molecule has 3 N–H and O–H groups in total. The van der Waals surface area contributed by atoms with Crippen molar-refractivity contribution in [2.24, 2.45) is 0 Å². The molecule has 0 amide bonds. The van der Waals surface area contributed by atoms with Crippen LogP contribution in [0.3, 0.4) is 0 Å². The Balaban J connectivity index is 0.00000210. The molecule has 1 aliphatic heterocycles. The fourth-order valence-corrected chi connectivity index (χ4v) is 3.29. The summed E-state index contributed by atoms with van der Waals surface area (Å²) in [6.45, 7) is -0.130. The van der Waals surface area contributed by atoms with Crippen LogP contribution in [0.15, 0.2) is 24.3 Å². The Bertz CT molecular complexity index is 1080. The third-order valence-electron chi connectivity index (χ3n) is 4.32. The first-order chi connectivity index (χ1) is 12.4. The van der Waals surface area contributed by atoms with Gasteiger partial charge in [-0.05, 0) is 23.6 Å². The molecule has 0 fully saturated rings. The van der Waals surface area contributed by atoms with Gasteiger partial charge in [-0.1, -0.05) is 0 Å². The number of phenols is 1. The van der Waals surface area contributed by atoms with Crippen LogP contribution in [0.2, 0.25) is 0 Å². The summed E-state index contributed by atoms with van der Waals surface area (Å²) in [5, 5.41) is 42.7. The Labute approximate surface area is 174 Å². The SMILES string of the molecule is COc1c(O)ccc2c1cc([NH+]([O-])O)c1c(C(=O)[O-])cc3c(c12)OCO3.[Na+]. The molecule has 0 radical (unpaired) electrons. The van der Waals surface area contributed by atoms with Crippen LogP contribution in [0.5, 0.6) is 23.0 Å². The van der Waals surface area contributed by atoms with Gasteiger partial charge in [0.15, 0.2) is 28.7 Å². The monoisotopic (exact) mass is 381 g/mol. The van der Waals surface area contributed by atoms with Crippen LogP contribution in [-0.4, -0.2) is 30.2 Å². The molecule has 0 bridgehead atoms. The van der Waals surface area contributed by atoms with E-state index in [-0.39, 0.29) is 81.4 Å². The molecule has 1 unspecified atom stereocenters. The second-order valence-corrected chi connectivity index (χ2v) is 5.64. The van der Waals surface area contributed by atoms with E-state index in [2.05, 4.69) is 0 Å². The van der Waals surface area contributed by atoms with Gasteiger partial charge < -0.3 is 34.4 Å².